The molecule has 0 saturated heterocycles. The van der Waals surface area contributed by atoms with E-state index in [-0.39, 0.29) is 35.0 Å². The average molecular weight is 706 g/mol. The smallest absolute Gasteiger partial charge is 0.491 e. The van der Waals surface area contributed by atoms with Gasteiger partial charge in [-0.3, -0.25) is 9.79 Å². The van der Waals surface area contributed by atoms with E-state index in [0.29, 0.717) is 30.9 Å². The van der Waals surface area contributed by atoms with E-state index in [4.69, 9.17) is 21.9 Å². The van der Waals surface area contributed by atoms with E-state index in [9.17, 15) is 22.8 Å². The van der Waals surface area contributed by atoms with Crippen LogP contribution in [0.15, 0.2) is 58.4 Å². The lowest BCUT2D eigenvalue weighted by molar-refractivity contribution is -0.274. The molecular formula is C34H50F3N9O4. The molecule has 2 aromatic carbocycles. The predicted molar refractivity (Wildman–Crippen MR) is 190 cm³/mol. The van der Waals surface area contributed by atoms with Crippen molar-refractivity contribution in [1.82, 2.24) is 20.6 Å². The Balaban J connectivity index is 0.000000348. The van der Waals surface area contributed by atoms with Crippen molar-refractivity contribution in [1.29, 1.82) is 0 Å². The van der Waals surface area contributed by atoms with Crippen molar-refractivity contribution in [3.05, 3.63) is 70.4 Å². The Bertz CT molecular complexity index is 1590. The third-order valence-corrected chi connectivity index (χ3v) is 6.44. The molecule has 0 aliphatic heterocycles. The molecule has 0 bridgehead atoms. The number of amides is 2. The van der Waals surface area contributed by atoms with E-state index in [1.165, 1.54) is 6.07 Å². The number of hydrogen-bond donors (Lipinski definition) is 7. The molecule has 0 saturated carbocycles. The van der Waals surface area contributed by atoms with Gasteiger partial charge in [-0.25, -0.2) is 9.78 Å². The molecule has 3 rings (SSSR count). The summed E-state index contributed by atoms with van der Waals surface area (Å²) in [6, 6.07) is 10.8. The Morgan fingerprint density at radius 3 is 2.24 bits per heavy atom. The summed E-state index contributed by atoms with van der Waals surface area (Å²) in [6.45, 7) is 14.2. The van der Waals surface area contributed by atoms with E-state index >= 15 is 0 Å². The highest BCUT2D eigenvalue weighted by molar-refractivity contribution is 5.91. The number of ether oxygens (including phenoxy) is 2. The lowest BCUT2D eigenvalue weighted by Gasteiger charge is -2.22. The molecule has 16 heteroatoms. The molecule has 0 unspecified atom stereocenters. The zero-order valence-corrected chi connectivity index (χ0v) is 29.5. The van der Waals surface area contributed by atoms with Crippen molar-refractivity contribution in [3.63, 3.8) is 0 Å². The maximum atomic E-state index is 12.4. The van der Waals surface area contributed by atoms with Crippen LogP contribution < -0.4 is 48.2 Å². The second-order valence-electron chi connectivity index (χ2n) is 13.3. The van der Waals surface area contributed by atoms with Crippen LogP contribution in [-0.2, 0) is 12.0 Å². The monoisotopic (exact) mass is 705 g/mol. The SMILES string of the molecule is CC(C)(C)NC(=O)Nc1cc(OC(F)(F)F)ccc1OCCCN.CC(C)(C)c1ncc(-c2ccc(CNCCCN=C(N)N)cc2)c(=O)[nH]1. The van der Waals surface area contributed by atoms with Gasteiger partial charge in [-0.2, -0.15) is 0 Å². The van der Waals surface area contributed by atoms with Gasteiger partial charge in [0.25, 0.3) is 5.56 Å². The summed E-state index contributed by atoms with van der Waals surface area (Å²) in [7, 11) is 0. The van der Waals surface area contributed by atoms with Crippen LogP contribution in [0.3, 0.4) is 0 Å². The fourth-order valence-electron chi connectivity index (χ4n) is 4.12. The van der Waals surface area contributed by atoms with Gasteiger partial charge in [0, 0.05) is 36.3 Å². The second kappa shape index (κ2) is 18.8. The summed E-state index contributed by atoms with van der Waals surface area (Å²) < 4.78 is 46.3. The molecule has 276 valence electrons. The van der Waals surface area contributed by atoms with Gasteiger partial charge in [0.05, 0.1) is 17.9 Å². The summed E-state index contributed by atoms with van der Waals surface area (Å²) in [5.74, 6) is 0.579. The minimum absolute atomic E-state index is 0.0653. The molecule has 0 fully saturated rings. The number of hydrogen-bond acceptors (Lipinski definition) is 8. The number of carbonyl (C=O) groups excluding carboxylic acids is 1. The molecule has 10 N–H and O–H groups in total. The third-order valence-electron chi connectivity index (χ3n) is 6.44. The third kappa shape index (κ3) is 16.0. The molecule has 0 spiro atoms. The number of aromatic amines is 1. The van der Waals surface area contributed by atoms with Crippen molar-refractivity contribution in [2.75, 3.05) is 31.6 Å². The lowest BCUT2D eigenvalue weighted by Crippen LogP contribution is -2.43. The van der Waals surface area contributed by atoms with Gasteiger partial charge in [-0.05, 0) is 70.0 Å². The standard InChI is InChI=1S/C19H28N6O.C15H22F3N3O3/c1-19(2,3)17-24-12-15(16(26)25-17)14-7-5-13(6-8-14)11-22-9-4-10-23-18(20)21;1-14(2,3)21-13(22)20-11-9-10(24-15(16,17)18)5-6-12(11)23-8-4-7-19/h5-8,12,22H,4,9-11H2,1-3H3,(H4,20,21,23)(H,24,25,26);5-6,9H,4,7-8,19H2,1-3H3,(H2,20,21,22). The average Bonchev–Trinajstić information content (AvgIpc) is 2.98. The van der Waals surface area contributed by atoms with E-state index in [1.807, 2.05) is 45.0 Å². The Kier molecular flexibility index (Phi) is 15.5. The number of aliphatic imine (C=N–C) groups is 1. The van der Waals surface area contributed by atoms with Crippen LogP contribution in [0.4, 0.5) is 23.7 Å². The maximum Gasteiger partial charge on any atom is 0.573 e. The zero-order chi connectivity index (χ0) is 37.5. The number of guanidine groups is 1. The number of carbonyl (C=O) groups is 1. The van der Waals surface area contributed by atoms with E-state index in [0.717, 1.165) is 42.8 Å². The number of halogens is 3. The first-order valence-corrected chi connectivity index (χ1v) is 16.0. The molecule has 0 atom stereocenters. The summed E-state index contributed by atoms with van der Waals surface area (Å²) >= 11 is 0. The fourth-order valence-corrected chi connectivity index (χ4v) is 4.12. The second-order valence-corrected chi connectivity index (χ2v) is 13.3. The van der Waals surface area contributed by atoms with E-state index in [2.05, 4.69) is 35.6 Å². The minimum atomic E-state index is -4.83. The molecule has 13 nitrogen and oxygen atoms in total. The Hall–Kier alpha value is -4.83. The van der Waals surface area contributed by atoms with E-state index < -0.39 is 23.7 Å². The molecular weight excluding hydrogens is 655 g/mol. The first kappa shape index (κ1) is 41.3. The van der Waals surface area contributed by atoms with Gasteiger partial charge in [-0.15, -0.1) is 13.2 Å². The first-order valence-electron chi connectivity index (χ1n) is 16.0. The number of nitrogens with two attached hydrogens (primary N) is 3. The van der Waals surface area contributed by atoms with Crippen LogP contribution in [0.1, 0.15) is 65.8 Å². The number of H-pyrrole nitrogens is 1. The van der Waals surface area contributed by atoms with Gasteiger partial charge in [-0.1, -0.05) is 45.0 Å². The number of aromatic nitrogens is 2. The lowest BCUT2D eigenvalue weighted by atomic mass is 9.95. The molecule has 50 heavy (non-hydrogen) atoms. The van der Waals surface area contributed by atoms with Gasteiger partial charge in [0.2, 0.25) is 0 Å². The summed E-state index contributed by atoms with van der Waals surface area (Å²) in [5, 5.41) is 8.45. The molecule has 3 aromatic rings. The van der Waals surface area contributed by atoms with Gasteiger partial charge >= 0.3 is 12.4 Å². The highest BCUT2D eigenvalue weighted by Crippen LogP contribution is 2.32. The minimum Gasteiger partial charge on any atom is -0.491 e. The molecule has 2 amide bonds. The fraction of sp³-hybridized carbons (Fsp3) is 0.471. The van der Waals surface area contributed by atoms with Crippen molar-refractivity contribution < 1.29 is 27.4 Å². The van der Waals surface area contributed by atoms with Crippen LogP contribution >= 0.6 is 0 Å². The number of alkyl halides is 3. The van der Waals surface area contributed by atoms with Crippen LogP contribution in [0, 0.1) is 0 Å². The number of urea groups is 1. The Morgan fingerprint density at radius 1 is 1.00 bits per heavy atom. The number of rotatable bonds is 13. The number of anilines is 1. The van der Waals surface area contributed by atoms with Crippen LogP contribution in [0.2, 0.25) is 0 Å². The molecule has 1 heterocycles. The normalized spacial score (nSPS) is 11.6. The van der Waals surface area contributed by atoms with E-state index in [1.54, 1.807) is 27.0 Å². The van der Waals surface area contributed by atoms with Crippen molar-refractivity contribution in [3.8, 4) is 22.6 Å². The largest absolute Gasteiger partial charge is 0.573 e. The summed E-state index contributed by atoms with van der Waals surface area (Å²) in [6.07, 6.45) is -1.74. The summed E-state index contributed by atoms with van der Waals surface area (Å²) in [4.78, 5) is 35.5. The highest BCUT2D eigenvalue weighted by Gasteiger charge is 2.31. The number of benzene rings is 2. The molecule has 0 radical (unpaired) electrons. The van der Waals surface area contributed by atoms with Crippen molar-refractivity contribution in [2.24, 2.45) is 22.2 Å². The topological polar surface area (TPSA) is 208 Å². The van der Waals surface area contributed by atoms with Crippen molar-refractivity contribution >= 4 is 17.7 Å². The first-order chi connectivity index (χ1) is 23.3. The van der Waals surface area contributed by atoms with Crippen molar-refractivity contribution in [2.45, 2.75) is 78.2 Å². The zero-order valence-electron chi connectivity index (χ0n) is 29.5. The Labute approximate surface area is 290 Å². The summed E-state index contributed by atoms with van der Waals surface area (Å²) in [5.41, 5.74) is 17.8. The quantitative estimate of drug-likeness (QED) is 0.0745. The molecule has 0 aliphatic rings. The van der Waals surface area contributed by atoms with Gasteiger partial charge < -0.3 is 47.6 Å². The Morgan fingerprint density at radius 2 is 1.68 bits per heavy atom. The predicted octanol–water partition coefficient (Wildman–Crippen LogP) is 4.72. The maximum absolute atomic E-state index is 12.4. The van der Waals surface area contributed by atoms with Gasteiger partial charge in [0.1, 0.15) is 17.3 Å². The van der Waals surface area contributed by atoms with Crippen LogP contribution in [-0.4, -0.2) is 60.1 Å². The number of nitrogens with zero attached hydrogens (tertiary/aromatic N) is 2. The molecule has 0 aliphatic carbocycles. The highest BCUT2D eigenvalue weighted by atomic mass is 19.4. The molecule has 1 aromatic heterocycles. The number of nitrogens with one attached hydrogen (secondary N) is 4. The van der Waals surface area contributed by atoms with Crippen LogP contribution in [0.25, 0.3) is 11.1 Å². The van der Waals surface area contributed by atoms with Crippen LogP contribution in [0.5, 0.6) is 11.5 Å². The van der Waals surface area contributed by atoms with Gasteiger partial charge in [0.15, 0.2) is 5.96 Å².